The highest BCUT2D eigenvalue weighted by Gasteiger charge is 2.50. The number of hydrogen-bond donors (Lipinski definition) is 2. The minimum atomic E-state index is -0.635. The quantitative estimate of drug-likeness (QED) is 0.835. The van der Waals surface area contributed by atoms with Crippen molar-refractivity contribution in [3.8, 4) is 0 Å². The number of rotatable bonds is 4. The van der Waals surface area contributed by atoms with E-state index in [9.17, 15) is 9.90 Å². The molecule has 1 aromatic rings. The Bertz CT molecular complexity index is 457. The number of aliphatic carboxylic acids is 1. The number of fused-ring (bicyclic) bond motifs is 2. The lowest BCUT2D eigenvalue weighted by Gasteiger charge is -2.29. The topological polar surface area (TPSA) is 67.2 Å². The molecule has 1 aromatic heterocycles. The third kappa shape index (κ3) is 1.82. The monoisotopic (exact) mass is 249 g/mol. The molecule has 2 aliphatic rings. The van der Waals surface area contributed by atoms with Gasteiger partial charge < -0.3 is 15.0 Å². The van der Waals surface area contributed by atoms with E-state index >= 15 is 0 Å². The molecule has 2 saturated carbocycles. The average molecular weight is 249 g/mol. The maximum absolute atomic E-state index is 11.4. The van der Waals surface area contributed by atoms with Crippen LogP contribution in [0.1, 0.15) is 25.0 Å². The zero-order valence-electron chi connectivity index (χ0n) is 10.5. The summed E-state index contributed by atoms with van der Waals surface area (Å²) in [6.45, 7) is 0.703. The fourth-order valence-electron chi connectivity index (χ4n) is 3.72. The van der Waals surface area contributed by atoms with Crippen molar-refractivity contribution in [2.45, 2.75) is 31.8 Å². The van der Waals surface area contributed by atoms with Crippen LogP contribution in [-0.4, -0.2) is 26.7 Å². The van der Waals surface area contributed by atoms with Gasteiger partial charge in [-0.3, -0.25) is 4.79 Å². The van der Waals surface area contributed by atoms with Crippen LogP contribution in [0.3, 0.4) is 0 Å². The summed E-state index contributed by atoms with van der Waals surface area (Å²) in [6, 6.07) is 0.135. The summed E-state index contributed by atoms with van der Waals surface area (Å²) in [5.74, 6) is 0.0996. The molecule has 2 bridgehead atoms. The summed E-state index contributed by atoms with van der Waals surface area (Å²) >= 11 is 0. The SMILES string of the molecule is Cn1cncc1CNC1C2CCC(C2)C1C(=O)O. The van der Waals surface area contributed by atoms with Crippen molar-refractivity contribution in [2.24, 2.45) is 24.8 Å². The molecule has 4 unspecified atom stereocenters. The van der Waals surface area contributed by atoms with E-state index < -0.39 is 5.97 Å². The van der Waals surface area contributed by atoms with Gasteiger partial charge in [0, 0.05) is 25.8 Å². The Labute approximate surface area is 106 Å². The number of imidazole rings is 1. The molecule has 0 aromatic carbocycles. The summed E-state index contributed by atoms with van der Waals surface area (Å²) in [5.41, 5.74) is 1.10. The zero-order chi connectivity index (χ0) is 12.7. The summed E-state index contributed by atoms with van der Waals surface area (Å²) in [5, 5.41) is 12.8. The molecule has 5 nitrogen and oxygen atoms in total. The Morgan fingerprint density at radius 1 is 1.56 bits per heavy atom. The van der Waals surface area contributed by atoms with Crippen LogP contribution in [-0.2, 0) is 18.4 Å². The van der Waals surface area contributed by atoms with E-state index in [-0.39, 0.29) is 12.0 Å². The van der Waals surface area contributed by atoms with Gasteiger partial charge in [-0.25, -0.2) is 4.98 Å². The van der Waals surface area contributed by atoms with Gasteiger partial charge in [-0.2, -0.15) is 0 Å². The van der Waals surface area contributed by atoms with Gasteiger partial charge in [0.15, 0.2) is 0 Å². The van der Waals surface area contributed by atoms with E-state index in [1.54, 1.807) is 6.33 Å². The first kappa shape index (κ1) is 11.7. The number of nitrogens with one attached hydrogen (secondary N) is 1. The highest BCUT2D eigenvalue weighted by Crippen LogP contribution is 2.48. The highest BCUT2D eigenvalue weighted by atomic mass is 16.4. The lowest BCUT2D eigenvalue weighted by Crippen LogP contribution is -2.44. The molecule has 0 saturated heterocycles. The van der Waals surface area contributed by atoms with Gasteiger partial charge in [-0.1, -0.05) is 0 Å². The zero-order valence-corrected chi connectivity index (χ0v) is 10.5. The van der Waals surface area contributed by atoms with Gasteiger partial charge in [0.05, 0.1) is 17.9 Å². The number of aryl methyl sites for hydroxylation is 1. The van der Waals surface area contributed by atoms with Crippen molar-refractivity contribution in [1.82, 2.24) is 14.9 Å². The van der Waals surface area contributed by atoms with Crippen LogP contribution < -0.4 is 5.32 Å². The van der Waals surface area contributed by atoms with E-state index in [1.165, 1.54) is 6.42 Å². The molecule has 0 spiro atoms. The van der Waals surface area contributed by atoms with Gasteiger partial charge in [0.1, 0.15) is 0 Å². The van der Waals surface area contributed by atoms with Gasteiger partial charge in [0.25, 0.3) is 0 Å². The minimum absolute atomic E-state index is 0.135. The summed E-state index contributed by atoms with van der Waals surface area (Å²) < 4.78 is 1.97. The minimum Gasteiger partial charge on any atom is -0.481 e. The second kappa shape index (κ2) is 4.39. The second-order valence-electron chi connectivity index (χ2n) is 5.60. The van der Waals surface area contributed by atoms with Gasteiger partial charge in [-0.05, 0) is 31.1 Å². The molecule has 0 amide bonds. The van der Waals surface area contributed by atoms with E-state index in [0.29, 0.717) is 18.4 Å². The van der Waals surface area contributed by atoms with Crippen molar-refractivity contribution in [3.05, 3.63) is 18.2 Å². The second-order valence-corrected chi connectivity index (χ2v) is 5.60. The fraction of sp³-hybridized carbons (Fsp3) is 0.692. The Kier molecular flexibility index (Phi) is 2.86. The van der Waals surface area contributed by atoms with Crippen molar-refractivity contribution < 1.29 is 9.90 Å². The van der Waals surface area contributed by atoms with Gasteiger partial charge in [-0.15, -0.1) is 0 Å². The Morgan fingerprint density at radius 3 is 3.00 bits per heavy atom. The van der Waals surface area contributed by atoms with Crippen LogP contribution in [0.2, 0.25) is 0 Å². The van der Waals surface area contributed by atoms with Crippen molar-refractivity contribution >= 4 is 5.97 Å². The summed E-state index contributed by atoms with van der Waals surface area (Å²) in [6.07, 6.45) is 6.95. The first-order valence-electron chi connectivity index (χ1n) is 6.58. The van der Waals surface area contributed by atoms with Crippen LogP contribution in [0.25, 0.3) is 0 Å². The van der Waals surface area contributed by atoms with Crippen LogP contribution in [0.15, 0.2) is 12.5 Å². The molecule has 98 valence electrons. The maximum atomic E-state index is 11.4. The lowest BCUT2D eigenvalue weighted by molar-refractivity contribution is -0.144. The third-order valence-corrected chi connectivity index (χ3v) is 4.64. The van der Waals surface area contributed by atoms with Gasteiger partial charge >= 0.3 is 5.97 Å². The van der Waals surface area contributed by atoms with E-state index in [1.807, 2.05) is 17.8 Å². The molecular weight excluding hydrogens is 230 g/mol. The van der Waals surface area contributed by atoms with Crippen LogP contribution in [0, 0.1) is 17.8 Å². The van der Waals surface area contributed by atoms with E-state index in [0.717, 1.165) is 18.5 Å². The molecular formula is C13H19N3O2. The number of carbonyl (C=O) groups is 1. The molecule has 3 rings (SSSR count). The first-order chi connectivity index (χ1) is 8.66. The molecule has 2 aliphatic carbocycles. The predicted molar refractivity (Wildman–Crippen MR) is 65.8 cm³/mol. The smallest absolute Gasteiger partial charge is 0.308 e. The molecule has 0 radical (unpaired) electrons. The average Bonchev–Trinajstić information content (AvgIpc) is 3.00. The van der Waals surface area contributed by atoms with Crippen molar-refractivity contribution in [2.75, 3.05) is 0 Å². The fourth-order valence-corrected chi connectivity index (χ4v) is 3.72. The van der Waals surface area contributed by atoms with Crippen LogP contribution in [0.5, 0.6) is 0 Å². The number of carboxylic acid groups (broad SMARTS) is 1. The molecule has 0 aliphatic heterocycles. The van der Waals surface area contributed by atoms with E-state index in [4.69, 9.17) is 0 Å². The molecule has 5 heteroatoms. The predicted octanol–water partition coefficient (Wildman–Crippen LogP) is 1.01. The number of hydrogen-bond acceptors (Lipinski definition) is 3. The molecule has 2 fully saturated rings. The van der Waals surface area contributed by atoms with Crippen LogP contribution >= 0.6 is 0 Å². The first-order valence-corrected chi connectivity index (χ1v) is 6.58. The number of aromatic nitrogens is 2. The molecule has 1 heterocycles. The summed E-state index contributed by atoms with van der Waals surface area (Å²) in [4.78, 5) is 15.4. The van der Waals surface area contributed by atoms with E-state index in [2.05, 4.69) is 10.3 Å². The number of nitrogens with zero attached hydrogens (tertiary/aromatic N) is 2. The van der Waals surface area contributed by atoms with Crippen LogP contribution in [0.4, 0.5) is 0 Å². The third-order valence-electron chi connectivity index (χ3n) is 4.64. The largest absolute Gasteiger partial charge is 0.481 e. The number of carboxylic acids is 1. The molecule has 2 N–H and O–H groups in total. The lowest BCUT2D eigenvalue weighted by atomic mass is 9.84. The Hall–Kier alpha value is -1.36. The van der Waals surface area contributed by atoms with Crippen molar-refractivity contribution in [1.29, 1.82) is 0 Å². The molecule has 18 heavy (non-hydrogen) atoms. The van der Waals surface area contributed by atoms with Gasteiger partial charge in [0.2, 0.25) is 0 Å². The normalized spacial score (nSPS) is 34.1. The highest BCUT2D eigenvalue weighted by molar-refractivity contribution is 5.72. The van der Waals surface area contributed by atoms with Crippen molar-refractivity contribution in [3.63, 3.8) is 0 Å². The maximum Gasteiger partial charge on any atom is 0.308 e. The Balaban J connectivity index is 1.68. The summed E-state index contributed by atoms with van der Waals surface area (Å²) in [7, 11) is 1.96. The Morgan fingerprint density at radius 2 is 2.33 bits per heavy atom. The molecule has 4 atom stereocenters. The standard InChI is InChI=1S/C13H19N3O2/c1-16-7-14-5-10(16)6-15-12-9-3-2-8(4-9)11(12)13(17)18/h5,7-9,11-12,15H,2-4,6H2,1H3,(H,17,18).